The van der Waals surface area contributed by atoms with Gasteiger partial charge in [0.25, 0.3) is 6.47 Å². The molecule has 2 heterocycles. The highest BCUT2D eigenvalue weighted by atomic mass is 16.6. The maximum absolute atomic E-state index is 11.9. The van der Waals surface area contributed by atoms with E-state index in [1.54, 1.807) is 0 Å². The Morgan fingerprint density at radius 2 is 2.11 bits per heavy atom. The molecule has 3 rings (SSSR count). The number of fused-ring (bicyclic) bond motifs is 2. The normalized spacial score (nSPS) is 39.3. The molecular weight excluding hydrogens is 234 g/mol. The first-order valence-electron chi connectivity index (χ1n) is 6.80. The van der Waals surface area contributed by atoms with Crippen LogP contribution in [0.3, 0.4) is 0 Å². The van der Waals surface area contributed by atoms with Crippen molar-refractivity contribution in [3.8, 4) is 0 Å². The largest absolute Gasteiger partial charge is 0.464 e. The number of amides is 1. The van der Waals surface area contributed by atoms with Crippen LogP contribution in [-0.2, 0) is 14.3 Å². The highest BCUT2D eigenvalue weighted by molar-refractivity contribution is 5.71. The van der Waals surface area contributed by atoms with Crippen molar-refractivity contribution in [2.75, 3.05) is 6.61 Å². The van der Waals surface area contributed by atoms with Crippen molar-refractivity contribution in [3.05, 3.63) is 0 Å². The molecule has 5 nitrogen and oxygen atoms in total. The Labute approximate surface area is 106 Å². The molecule has 3 fully saturated rings. The Hall–Kier alpha value is -1.26. The zero-order valence-electron chi connectivity index (χ0n) is 10.5. The summed E-state index contributed by atoms with van der Waals surface area (Å²) >= 11 is 0. The van der Waals surface area contributed by atoms with E-state index in [0.717, 1.165) is 44.9 Å². The second-order valence-corrected chi connectivity index (χ2v) is 5.67. The summed E-state index contributed by atoms with van der Waals surface area (Å²) < 4.78 is 10.3. The zero-order valence-corrected chi connectivity index (χ0v) is 10.5. The molecule has 18 heavy (non-hydrogen) atoms. The van der Waals surface area contributed by atoms with Crippen LogP contribution >= 0.6 is 0 Å². The van der Waals surface area contributed by atoms with Gasteiger partial charge in [-0.2, -0.15) is 0 Å². The highest BCUT2D eigenvalue weighted by Crippen LogP contribution is 2.45. The van der Waals surface area contributed by atoms with Gasteiger partial charge in [0.2, 0.25) is 0 Å². The van der Waals surface area contributed by atoms with Crippen molar-refractivity contribution in [2.24, 2.45) is 0 Å². The minimum absolute atomic E-state index is 0.0385. The molecule has 0 aromatic carbocycles. The van der Waals surface area contributed by atoms with Crippen LogP contribution in [0, 0.1) is 0 Å². The van der Waals surface area contributed by atoms with Gasteiger partial charge >= 0.3 is 6.09 Å². The van der Waals surface area contributed by atoms with Crippen LogP contribution in [-0.4, -0.2) is 41.8 Å². The zero-order chi connectivity index (χ0) is 12.6. The minimum Gasteiger partial charge on any atom is -0.464 e. The molecule has 0 aromatic rings. The molecule has 1 aliphatic carbocycles. The Morgan fingerprint density at radius 3 is 2.89 bits per heavy atom. The standard InChI is InChI=1S/C13H19NO4/c15-9-18-11-4-2-6-13(7-11)5-1-3-10-8-17-12(16)14(10)13/h9-11H,1-8H2/t10-,11-,13+/m0/s1. The molecule has 2 aliphatic heterocycles. The third-order valence-electron chi connectivity index (χ3n) is 4.68. The monoisotopic (exact) mass is 253 g/mol. The average Bonchev–Trinajstić information content (AvgIpc) is 2.74. The molecule has 2 saturated heterocycles. The molecule has 3 aliphatic rings. The van der Waals surface area contributed by atoms with Gasteiger partial charge in [0.05, 0.1) is 11.6 Å². The van der Waals surface area contributed by atoms with E-state index in [2.05, 4.69) is 0 Å². The lowest BCUT2D eigenvalue weighted by Gasteiger charge is -2.50. The maximum Gasteiger partial charge on any atom is 0.410 e. The van der Waals surface area contributed by atoms with Crippen LogP contribution in [0.4, 0.5) is 4.79 Å². The topological polar surface area (TPSA) is 55.8 Å². The van der Waals surface area contributed by atoms with E-state index in [1.807, 2.05) is 4.90 Å². The summed E-state index contributed by atoms with van der Waals surface area (Å²) in [6.07, 6.45) is 6.67. The van der Waals surface area contributed by atoms with E-state index in [4.69, 9.17) is 9.47 Å². The molecule has 5 heteroatoms. The molecule has 0 bridgehead atoms. The number of ether oxygens (including phenoxy) is 2. The summed E-state index contributed by atoms with van der Waals surface area (Å²) in [5.41, 5.74) is -0.123. The van der Waals surface area contributed by atoms with E-state index in [0.29, 0.717) is 13.1 Å². The summed E-state index contributed by atoms with van der Waals surface area (Å²) in [6.45, 7) is 1.06. The van der Waals surface area contributed by atoms with Crippen LogP contribution in [0.5, 0.6) is 0 Å². The van der Waals surface area contributed by atoms with Gasteiger partial charge in [-0.05, 0) is 38.5 Å². The summed E-state index contributed by atoms with van der Waals surface area (Å²) in [6, 6.07) is 0.237. The first-order valence-corrected chi connectivity index (χ1v) is 6.80. The summed E-state index contributed by atoms with van der Waals surface area (Å²) in [7, 11) is 0. The fraction of sp³-hybridized carbons (Fsp3) is 0.846. The Balaban J connectivity index is 1.82. The molecule has 1 saturated carbocycles. The SMILES string of the molecule is O=CO[C@H]1CCC[C@]2(CCC[C@H]3COC(=O)N32)C1. The molecule has 100 valence electrons. The molecule has 1 amide bonds. The molecule has 0 unspecified atom stereocenters. The van der Waals surface area contributed by atoms with E-state index in [-0.39, 0.29) is 23.8 Å². The summed E-state index contributed by atoms with van der Waals surface area (Å²) in [5, 5.41) is 0. The third kappa shape index (κ3) is 1.76. The van der Waals surface area contributed by atoms with Crippen LogP contribution in [0.15, 0.2) is 0 Å². The van der Waals surface area contributed by atoms with Gasteiger partial charge in [0.1, 0.15) is 12.7 Å². The number of hydrogen-bond donors (Lipinski definition) is 0. The van der Waals surface area contributed by atoms with Crippen molar-refractivity contribution in [2.45, 2.75) is 62.6 Å². The van der Waals surface area contributed by atoms with Crippen molar-refractivity contribution in [3.63, 3.8) is 0 Å². The lowest BCUT2D eigenvalue weighted by atomic mass is 9.72. The number of carbonyl (C=O) groups is 2. The van der Waals surface area contributed by atoms with Crippen molar-refractivity contribution < 1.29 is 19.1 Å². The predicted octanol–water partition coefficient (Wildman–Crippen LogP) is 1.85. The highest BCUT2D eigenvalue weighted by Gasteiger charge is 2.52. The van der Waals surface area contributed by atoms with E-state index < -0.39 is 0 Å². The number of cyclic esters (lactones) is 1. The summed E-state index contributed by atoms with van der Waals surface area (Å²) in [4.78, 5) is 24.4. The minimum atomic E-state index is -0.175. The predicted molar refractivity (Wildman–Crippen MR) is 63.0 cm³/mol. The van der Waals surface area contributed by atoms with Gasteiger partial charge in [-0.25, -0.2) is 4.79 Å². The second-order valence-electron chi connectivity index (χ2n) is 5.67. The molecule has 0 N–H and O–H groups in total. The average molecular weight is 253 g/mol. The molecule has 1 spiro atoms. The number of nitrogens with zero attached hydrogens (tertiary/aromatic N) is 1. The van der Waals surface area contributed by atoms with Gasteiger partial charge in [-0.3, -0.25) is 9.69 Å². The van der Waals surface area contributed by atoms with Gasteiger partial charge in [0, 0.05) is 6.42 Å². The Bertz CT molecular complexity index is 355. The van der Waals surface area contributed by atoms with Crippen molar-refractivity contribution >= 4 is 12.6 Å². The first kappa shape index (κ1) is 11.8. The third-order valence-corrected chi connectivity index (χ3v) is 4.68. The van der Waals surface area contributed by atoms with Gasteiger partial charge in [-0.15, -0.1) is 0 Å². The van der Waals surface area contributed by atoms with Gasteiger partial charge in [-0.1, -0.05) is 0 Å². The smallest absolute Gasteiger partial charge is 0.410 e. The molecule has 3 atom stereocenters. The van der Waals surface area contributed by atoms with Gasteiger partial charge in [0.15, 0.2) is 0 Å². The Kier molecular flexibility index (Phi) is 2.92. The van der Waals surface area contributed by atoms with E-state index in [1.165, 1.54) is 0 Å². The lowest BCUT2D eigenvalue weighted by molar-refractivity contribution is -0.138. The van der Waals surface area contributed by atoms with Crippen LogP contribution in [0.1, 0.15) is 44.9 Å². The molecular formula is C13H19NO4. The number of rotatable bonds is 2. The maximum atomic E-state index is 11.9. The number of piperidine rings is 1. The lowest BCUT2D eigenvalue weighted by Crippen LogP contribution is -2.58. The van der Waals surface area contributed by atoms with Crippen molar-refractivity contribution in [1.82, 2.24) is 4.90 Å². The second kappa shape index (κ2) is 4.44. The molecule has 0 radical (unpaired) electrons. The van der Waals surface area contributed by atoms with Crippen LogP contribution in [0.2, 0.25) is 0 Å². The van der Waals surface area contributed by atoms with Crippen LogP contribution < -0.4 is 0 Å². The quantitative estimate of drug-likeness (QED) is 0.705. The van der Waals surface area contributed by atoms with Crippen molar-refractivity contribution in [1.29, 1.82) is 0 Å². The summed E-state index contributed by atoms with van der Waals surface area (Å²) in [5.74, 6) is 0. The fourth-order valence-corrected chi connectivity index (χ4v) is 3.97. The van der Waals surface area contributed by atoms with Crippen LogP contribution in [0.25, 0.3) is 0 Å². The fourth-order valence-electron chi connectivity index (χ4n) is 3.97. The van der Waals surface area contributed by atoms with E-state index >= 15 is 0 Å². The van der Waals surface area contributed by atoms with E-state index in [9.17, 15) is 9.59 Å². The number of hydrogen-bond acceptors (Lipinski definition) is 4. The molecule has 0 aromatic heterocycles. The Morgan fingerprint density at radius 1 is 1.33 bits per heavy atom. The van der Waals surface area contributed by atoms with Gasteiger partial charge < -0.3 is 9.47 Å². The first-order chi connectivity index (χ1) is 8.75. The number of carbonyl (C=O) groups excluding carboxylic acids is 2.